The van der Waals surface area contributed by atoms with Crippen LogP contribution in [0.1, 0.15) is 27.0 Å². The van der Waals surface area contributed by atoms with Crippen LogP contribution in [-0.2, 0) is 9.53 Å². The molecule has 0 radical (unpaired) electrons. The van der Waals surface area contributed by atoms with Crippen molar-refractivity contribution in [2.24, 2.45) is 0 Å². The second kappa shape index (κ2) is 8.39. The molecule has 4 rings (SSSR count). The van der Waals surface area contributed by atoms with Gasteiger partial charge in [0.1, 0.15) is 0 Å². The summed E-state index contributed by atoms with van der Waals surface area (Å²) in [6.45, 7) is 6.23. The SMILES string of the molecule is COC(=O)c1ccc(NC(=O)CSc2nnc3cc(C)c4cc(C)cc(C)c4n23)cc1. The van der Waals surface area contributed by atoms with Crippen molar-refractivity contribution >= 4 is 45.9 Å². The van der Waals surface area contributed by atoms with E-state index in [-0.39, 0.29) is 11.7 Å². The Bertz CT molecular complexity index is 1310. The van der Waals surface area contributed by atoms with Gasteiger partial charge in [-0.15, -0.1) is 10.2 Å². The molecule has 7 nitrogen and oxygen atoms in total. The number of nitrogens with one attached hydrogen (secondary N) is 1. The molecule has 0 aliphatic carbocycles. The molecule has 0 aliphatic heterocycles. The predicted octanol–water partition coefficient (Wildman–Crippen LogP) is 4.33. The van der Waals surface area contributed by atoms with Crippen molar-refractivity contribution < 1.29 is 14.3 Å². The van der Waals surface area contributed by atoms with Crippen molar-refractivity contribution in [1.29, 1.82) is 0 Å². The Morgan fingerprint density at radius 3 is 2.48 bits per heavy atom. The lowest BCUT2D eigenvalue weighted by atomic mass is 10.0. The number of ether oxygens (including phenoxy) is 1. The molecule has 4 aromatic rings. The number of carbonyl (C=O) groups is 2. The van der Waals surface area contributed by atoms with Crippen LogP contribution in [0.2, 0.25) is 0 Å². The van der Waals surface area contributed by atoms with E-state index in [0.717, 1.165) is 27.7 Å². The number of hydrogen-bond donors (Lipinski definition) is 1. The highest BCUT2D eigenvalue weighted by Crippen LogP contribution is 2.29. The van der Waals surface area contributed by atoms with Crippen molar-refractivity contribution in [3.05, 3.63) is 64.7 Å². The lowest BCUT2D eigenvalue weighted by Crippen LogP contribution is -2.14. The van der Waals surface area contributed by atoms with Gasteiger partial charge in [0.25, 0.3) is 0 Å². The predicted molar refractivity (Wildman–Crippen MR) is 122 cm³/mol. The van der Waals surface area contributed by atoms with Gasteiger partial charge in [0.2, 0.25) is 5.91 Å². The van der Waals surface area contributed by atoms with E-state index >= 15 is 0 Å². The minimum atomic E-state index is -0.417. The Balaban J connectivity index is 1.55. The summed E-state index contributed by atoms with van der Waals surface area (Å²) in [5.41, 5.74) is 6.35. The summed E-state index contributed by atoms with van der Waals surface area (Å²) in [6.07, 6.45) is 0. The van der Waals surface area contributed by atoms with Crippen molar-refractivity contribution in [3.63, 3.8) is 0 Å². The zero-order valence-corrected chi connectivity index (χ0v) is 18.5. The van der Waals surface area contributed by atoms with Gasteiger partial charge in [-0.25, -0.2) is 4.79 Å². The number of benzene rings is 2. The molecule has 2 aromatic carbocycles. The van der Waals surface area contributed by atoms with Crippen LogP contribution in [0.3, 0.4) is 0 Å². The summed E-state index contributed by atoms with van der Waals surface area (Å²) in [5.74, 6) is -0.406. The fourth-order valence-corrected chi connectivity index (χ4v) is 4.39. The number of aromatic nitrogens is 3. The van der Waals surface area contributed by atoms with Crippen LogP contribution in [0, 0.1) is 20.8 Å². The number of carbonyl (C=O) groups excluding carboxylic acids is 2. The van der Waals surface area contributed by atoms with Gasteiger partial charge >= 0.3 is 5.97 Å². The number of hydrogen-bond acceptors (Lipinski definition) is 6. The van der Waals surface area contributed by atoms with E-state index in [4.69, 9.17) is 0 Å². The van der Waals surface area contributed by atoms with E-state index < -0.39 is 5.97 Å². The van der Waals surface area contributed by atoms with Crippen LogP contribution in [-0.4, -0.2) is 39.3 Å². The molecule has 2 aromatic heterocycles. The summed E-state index contributed by atoms with van der Waals surface area (Å²) < 4.78 is 6.69. The van der Waals surface area contributed by atoms with Gasteiger partial charge in [-0.2, -0.15) is 0 Å². The van der Waals surface area contributed by atoms with E-state index in [9.17, 15) is 9.59 Å². The fraction of sp³-hybridized carbons (Fsp3) is 0.217. The molecule has 0 aliphatic rings. The van der Waals surface area contributed by atoms with E-state index in [0.29, 0.717) is 16.4 Å². The number of pyridine rings is 1. The number of aryl methyl sites for hydroxylation is 3. The molecule has 31 heavy (non-hydrogen) atoms. The molecule has 0 atom stereocenters. The molecule has 1 amide bonds. The van der Waals surface area contributed by atoms with E-state index in [1.54, 1.807) is 24.3 Å². The molecular formula is C23H22N4O3S. The second-order valence-corrected chi connectivity index (χ2v) is 8.33. The summed E-state index contributed by atoms with van der Waals surface area (Å²) in [5, 5.41) is 13.3. The smallest absolute Gasteiger partial charge is 0.337 e. The maximum atomic E-state index is 12.5. The first-order chi connectivity index (χ1) is 14.9. The minimum Gasteiger partial charge on any atom is -0.465 e. The summed E-state index contributed by atoms with van der Waals surface area (Å²) >= 11 is 1.33. The molecule has 8 heteroatoms. The Labute approximate surface area is 183 Å². The lowest BCUT2D eigenvalue weighted by Gasteiger charge is -2.11. The van der Waals surface area contributed by atoms with E-state index in [2.05, 4.69) is 53.2 Å². The maximum Gasteiger partial charge on any atom is 0.337 e. The van der Waals surface area contributed by atoms with Crippen LogP contribution in [0.25, 0.3) is 16.6 Å². The number of rotatable bonds is 5. The van der Waals surface area contributed by atoms with Gasteiger partial charge < -0.3 is 10.1 Å². The monoisotopic (exact) mass is 434 g/mol. The quantitative estimate of drug-likeness (QED) is 0.372. The highest BCUT2D eigenvalue weighted by atomic mass is 32.2. The number of thioether (sulfide) groups is 1. The van der Waals surface area contributed by atoms with Gasteiger partial charge in [0, 0.05) is 11.1 Å². The van der Waals surface area contributed by atoms with Gasteiger partial charge in [-0.1, -0.05) is 23.4 Å². The number of fused-ring (bicyclic) bond motifs is 3. The largest absolute Gasteiger partial charge is 0.465 e. The van der Waals surface area contributed by atoms with Crippen molar-refractivity contribution in [2.45, 2.75) is 25.9 Å². The van der Waals surface area contributed by atoms with E-state index in [1.165, 1.54) is 24.4 Å². The Morgan fingerprint density at radius 1 is 1.03 bits per heavy atom. The Morgan fingerprint density at radius 2 is 1.77 bits per heavy atom. The molecule has 0 bridgehead atoms. The molecule has 0 unspecified atom stereocenters. The lowest BCUT2D eigenvalue weighted by molar-refractivity contribution is -0.113. The van der Waals surface area contributed by atoms with Crippen molar-refractivity contribution in [3.8, 4) is 0 Å². The summed E-state index contributed by atoms with van der Waals surface area (Å²) in [6, 6.07) is 12.9. The number of amides is 1. The number of esters is 1. The third-order valence-corrected chi connectivity index (χ3v) is 5.95. The van der Waals surface area contributed by atoms with Crippen LogP contribution in [0.4, 0.5) is 5.69 Å². The summed E-state index contributed by atoms with van der Waals surface area (Å²) in [4.78, 5) is 24.0. The molecule has 0 saturated carbocycles. The first kappa shape index (κ1) is 20.9. The number of anilines is 1. The van der Waals surface area contributed by atoms with Crippen LogP contribution < -0.4 is 5.32 Å². The first-order valence-corrected chi connectivity index (χ1v) is 10.7. The van der Waals surface area contributed by atoms with E-state index in [1.807, 2.05) is 10.5 Å². The van der Waals surface area contributed by atoms with Crippen molar-refractivity contribution in [2.75, 3.05) is 18.2 Å². The van der Waals surface area contributed by atoms with Gasteiger partial charge in [-0.3, -0.25) is 9.20 Å². The standard InChI is InChI=1S/C23H22N4O3S/c1-13-9-15(3)21-18(10-13)14(2)11-19-25-26-23(27(19)21)31-12-20(28)24-17-7-5-16(6-8-17)22(29)30-4/h5-11H,12H2,1-4H3,(H,24,28). The molecule has 1 N–H and O–H groups in total. The molecule has 158 valence electrons. The topological polar surface area (TPSA) is 85.6 Å². The zero-order valence-electron chi connectivity index (χ0n) is 17.7. The fourth-order valence-electron chi connectivity index (χ4n) is 3.64. The van der Waals surface area contributed by atoms with Crippen LogP contribution in [0.15, 0.2) is 47.6 Å². The Kier molecular flexibility index (Phi) is 5.65. The number of nitrogens with zero attached hydrogens (tertiary/aromatic N) is 3. The average molecular weight is 435 g/mol. The molecule has 0 spiro atoms. The molecule has 0 fully saturated rings. The molecule has 2 heterocycles. The maximum absolute atomic E-state index is 12.5. The number of methoxy groups -OCH3 is 1. The van der Waals surface area contributed by atoms with Gasteiger partial charge in [0.05, 0.1) is 23.9 Å². The van der Waals surface area contributed by atoms with Crippen molar-refractivity contribution in [1.82, 2.24) is 14.6 Å². The molecular weight excluding hydrogens is 412 g/mol. The van der Waals surface area contributed by atoms with Gasteiger partial charge in [-0.05, 0) is 68.3 Å². The summed E-state index contributed by atoms with van der Waals surface area (Å²) in [7, 11) is 1.33. The third kappa shape index (κ3) is 4.11. The zero-order chi connectivity index (χ0) is 22.1. The average Bonchev–Trinajstić information content (AvgIpc) is 3.14. The first-order valence-electron chi connectivity index (χ1n) is 9.74. The van der Waals surface area contributed by atoms with Gasteiger partial charge in [0.15, 0.2) is 10.8 Å². The second-order valence-electron chi connectivity index (χ2n) is 7.39. The molecule has 0 saturated heterocycles. The normalized spacial score (nSPS) is 11.1. The highest BCUT2D eigenvalue weighted by Gasteiger charge is 2.15. The van der Waals surface area contributed by atoms with Crippen LogP contribution in [0.5, 0.6) is 0 Å². The minimum absolute atomic E-state index is 0.170. The Hall–Kier alpha value is -3.39. The van der Waals surface area contributed by atoms with Crippen LogP contribution >= 0.6 is 11.8 Å². The third-order valence-electron chi connectivity index (χ3n) is 5.02. The highest BCUT2D eigenvalue weighted by molar-refractivity contribution is 7.99.